The van der Waals surface area contributed by atoms with Gasteiger partial charge in [0.25, 0.3) is 5.56 Å². The molecule has 0 atom stereocenters. The van der Waals surface area contributed by atoms with Crippen molar-refractivity contribution in [1.82, 2.24) is 14.4 Å². The molecule has 0 bridgehead atoms. The van der Waals surface area contributed by atoms with E-state index in [9.17, 15) is 4.79 Å². The molecule has 29 heavy (non-hydrogen) atoms. The van der Waals surface area contributed by atoms with E-state index in [-0.39, 0.29) is 11.7 Å². The number of nitrogens with zero attached hydrogens (tertiary/aromatic N) is 4. The van der Waals surface area contributed by atoms with Gasteiger partial charge in [-0.15, -0.1) is 0 Å². The number of benzene rings is 1. The third-order valence-corrected chi connectivity index (χ3v) is 5.68. The fourth-order valence-corrected chi connectivity index (χ4v) is 4.14. The Kier molecular flexibility index (Phi) is 4.47. The molecule has 0 spiro atoms. The van der Waals surface area contributed by atoms with Crippen molar-refractivity contribution in [1.29, 1.82) is 0 Å². The van der Waals surface area contributed by atoms with Crippen LogP contribution in [0.25, 0.3) is 5.78 Å². The van der Waals surface area contributed by atoms with E-state index in [4.69, 9.17) is 14.5 Å². The van der Waals surface area contributed by atoms with E-state index in [1.54, 1.807) is 0 Å². The molecule has 0 N–H and O–H groups in total. The number of aryl methyl sites for hydroxylation is 2. The maximum Gasteiger partial charge on any atom is 0.259 e. The van der Waals surface area contributed by atoms with E-state index in [2.05, 4.69) is 22.0 Å². The van der Waals surface area contributed by atoms with E-state index in [0.717, 1.165) is 43.1 Å². The van der Waals surface area contributed by atoms with Crippen molar-refractivity contribution in [2.45, 2.75) is 46.0 Å². The van der Waals surface area contributed by atoms with Gasteiger partial charge in [0, 0.05) is 49.5 Å². The molecule has 0 unspecified atom stereocenters. The van der Waals surface area contributed by atoms with Crippen LogP contribution in [-0.4, -0.2) is 33.6 Å². The molecule has 2 aromatic heterocycles. The van der Waals surface area contributed by atoms with E-state index >= 15 is 0 Å². The Balaban J connectivity index is 1.30. The highest BCUT2D eigenvalue weighted by Gasteiger charge is 2.24. The van der Waals surface area contributed by atoms with Gasteiger partial charge in [-0.05, 0) is 37.1 Å². The minimum absolute atomic E-state index is 0.0958. The number of hydrogen-bond acceptors (Lipinski definition) is 6. The van der Waals surface area contributed by atoms with Crippen LogP contribution >= 0.6 is 0 Å². The maximum atomic E-state index is 12.2. The Hall–Kier alpha value is -2.93. The van der Waals surface area contributed by atoms with Crippen molar-refractivity contribution in [3.63, 3.8) is 0 Å². The lowest BCUT2D eigenvalue weighted by molar-refractivity contribution is 0.134. The summed E-state index contributed by atoms with van der Waals surface area (Å²) in [5.41, 5.74) is 4.05. The maximum absolute atomic E-state index is 12.2. The molecule has 0 saturated carbocycles. The summed E-state index contributed by atoms with van der Waals surface area (Å²) in [5, 5.41) is 0. The second-order valence-electron chi connectivity index (χ2n) is 7.88. The molecule has 2 aliphatic rings. The van der Waals surface area contributed by atoms with Gasteiger partial charge >= 0.3 is 0 Å². The predicted molar refractivity (Wildman–Crippen MR) is 110 cm³/mol. The topological polar surface area (TPSA) is 69.0 Å². The van der Waals surface area contributed by atoms with Gasteiger partial charge in [0.15, 0.2) is 0 Å². The summed E-state index contributed by atoms with van der Waals surface area (Å²) in [6, 6.07) is 7.78. The van der Waals surface area contributed by atoms with Gasteiger partial charge in [0.1, 0.15) is 17.7 Å². The van der Waals surface area contributed by atoms with Crippen molar-refractivity contribution < 1.29 is 9.47 Å². The monoisotopic (exact) mass is 392 g/mol. The normalized spacial score (nSPS) is 17.0. The molecule has 7 nitrogen and oxygen atoms in total. The Morgan fingerprint density at radius 3 is 2.69 bits per heavy atom. The number of hydrogen-bond donors (Lipinski definition) is 0. The number of aromatic nitrogens is 3. The number of anilines is 1. The summed E-state index contributed by atoms with van der Waals surface area (Å²) < 4.78 is 13.2. The molecule has 1 fully saturated rings. The summed E-state index contributed by atoms with van der Waals surface area (Å²) in [6.07, 6.45) is 3.87. The summed E-state index contributed by atoms with van der Waals surface area (Å²) in [4.78, 5) is 23.5. The molecular formula is C22H24N4O3. The number of ether oxygens (including phenoxy) is 2. The molecule has 1 aromatic carbocycles. The fraction of sp³-hybridized carbons (Fsp3) is 0.409. The first kappa shape index (κ1) is 18.1. The highest BCUT2D eigenvalue weighted by molar-refractivity contribution is 5.51. The fourth-order valence-electron chi connectivity index (χ4n) is 4.14. The van der Waals surface area contributed by atoms with E-state index in [0.29, 0.717) is 24.7 Å². The number of rotatable bonds is 3. The van der Waals surface area contributed by atoms with E-state index < -0.39 is 0 Å². The average Bonchev–Trinajstić information content (AvgIpc) is 3.17. The van der Waals surface area contributed by atoms with Crippen LogP contribution in [0.2, 0.25) is 0 Å². The second kappa shape index (κ2) is 7.15. The number of fused-ring (bicyclic) bond motifs is 2. The van der Waals surface area contributed by atoms with Gasteiger partial charge in [-0.2, -0.15) is 4.98 Å². The zero-order valence-corrected chi connectivity index (χ0v) is 16.7. The quantitative estimate of drug-likeness (QED) is 0.683. The van der Waals surface area contributed by atoms with Crippen LogP contribution in [0.15, 0.2) is 35.3 Å². The lowest BCUT2D eigenvalue weighted by atomic mass is 10.1. The van der Waals surface area contributed by atoms with Crippen molar-refractivity contribution in [3.05, 3.63) is 63.2 Å². The highest BCUT2D eigenvalue weighted by atomic mass is 16.5. The van der Waals surface area contributed by atoms with E-state index in [1.807, 2.05) is 26.1 Å². The molecule has 2 aliphatic heterocycles. The van der Waals surface area contributed by atoms with Crippen molar-refractivity contribution in [3.8, 4) is 5.75 Å². The molecule has 4 heterocycles. The molecule has 150 valence electrons. The lowest BCUT2D eigenvalue weighted by Crippen LogP contribution is -2.39. The Morgan fingerprint density at radius 2 is 1.86 bits per heavy atom. The summed E-state index contributed by atoms with van der Waals surface area (Å²) in [6.45, 7) is 6.90. The van der Waals surface area contributed by atoms with Crippen LogP contribution in [0.4, 0.5) is 5.82 Å². The van der Waals surface area contributed by atoms with Crippen LogP contribution in [-0.2, 0) is 18.0 Å². The Morgan fingerprint density at radius 1 is 1.07 bits per heavy atom. The smallest absolute Gasteiger partial charge is 0.259 e. The van der Waals surface area contributed by atoms with Crippen molar-refractivity contribution in [2.24, 2.45) is 0 Å². The third kappa shape index (κ3) is 3.46. The zero-order chi connectivity index (χ0) is 20.0. The van der Waals surface area contributed by atoms with Crippen LogP contribution in [0.1, 0.15) is 35.2 Å². The first-order valence-electron chi connectivity index (χ1n) is 10.1. The predicted octanol–water partition coefficient (Wildman–Crippen LogP) is 2.78. The Labute approximate surface area is 168 Å². The van der Waals surface area contributed by atoms with Gasteiger partial charge in [-0.25, -0.2) is 4.98 Å². The largest absolute Gasteiger partial charge is 0.490 e. The molecule has 5 rings (SSSR count). The summed E-state index contributed by atoms with van der Waals surface area (Å²) in [7, 11) is 0. The third-order valence-electron chi connectivity index (χ3n) is 5.68. The zero-order valence-electron chi connectivity index (χ0n) is 16.7. The van der Waals surface area contributed by atoms with Gasteiger partial charge in [-0.3, -0.25) is 9.20 Å². The van der Waals surface area contributed by atoms with Crippen LogP contribution in [0, 0.1) is 13.8 Å². The molecular weight excluding hydrogens is 368 g/mol. The first-order chi connectivity index (χ1) is 14.1. The van der Waals surface area contributed by atoms with Gasteiger partial charge < -0.3 is 14.4 Å². The summed E-state index contributed by atoms with van der Waals surface area (Å²) >= 11 is 0. The average molecular weight is 392 g/mol. The van der Waals surface area contributed by atoms with Gasteiger partial charge in [0.05, 0.1) is 13.2 Å². The number of piperidine rings is 1. The van der Waals surface area contributed by atoms with Gasteiger partial charge in [0.2, 0.25) is 5.78 Å². The Bertz CT molecular complexity index is 1130. The molecule has 0 amide bonds. The molecule has 3 aromatic rings. The molecule has 7 heteroatoms. The van der Waals surface area contributed by atoms with Gasteiger partial charge in [-0.1, -0.05) is 6.07 Å². The SMILES string of the molecule is Cc1cc(=O)n2cc(C)c(N3CCC(Oc4ccc5c(c4)COC5)CC3)nc2n1. The molecule has 1 saturated heterocycles. The highest BCUT2D eigenvalue weighted by Crippen LogP contribution is 2.28. The van der Waals surface area contributed by atoms with Crippen molar-refractivity contribution in [2.75, 3.05) is 18.0 Å². The molecule has 0 radical (unpaired) electrons. The van der Waals surface area contributed by atoms with Crippen LogP contribution in [0.3, 0.4) is 0 Å². The minimum atomic E-state index is -0.0958. The lowest BCUT2D eigenvalue weighted by Gasteiger charge is -2.33. The van der Waals surface area contributed by atoms with Crippen LogP contribution in [0.5, 0.6) is 5.75 Å². The standard InChI is InChI=1S/C22H24N4O3/c1-14-11-26-20(27)9-15(2)23-22(26)24-21(14)25-7-5-18(6-8-25)29-19-4-3-16-12-28-13-17(16)10-19/h3-4,9-11,18H,5-8,12-13H2,1-2H3. The van der Waals surface area contributed by atoms with E-state index in [1.165, 1.54) is 21.6 Å². The second-order valence-corrected chi connectivity index (χ2v) is 7.88. The van der Waals surface area contributed by atoms with Crippen molar-refractivity contribution >= 4 is 11.6 Å². The minimum Gasteiger partial charge on any atom is -0.490 e. The van der Waals surface area contributed by atoms with Crippen LogP contribution < -0.4 is 15.2 Å². The first-order valence-corrected chi connectivity index (χ1v) is 10.1. The summed E-state index contributed by atoms with van der Waals surface area (Å²) in [5.74, 6) is 2.27. The molecule has 0 aliphatic carbocycles.